The zero-order valence-electron chi connectivity index (χ0n) is 13.0. The van der Waals surface area contributed by atoms with Crippen molar-refractivity contribution in [2.24, 2.45) is 0 Å². The van der Waals surface area contributed by atoms with Crippen molar-refractivity contribution in [2.45, 2.75) is 13.8 Å². The predicted octanol–water partition coefficient (Wildman–Crippen LogP) is 4.10. The summed E-state index contributed by atoms with van der Waals surface area (Å²) in [6.07, 6.45) is 3.46. The molecule has 0 aliphatic carbocycles. The van der Waals surface area contributed by atoms with Gasteiger partial charge in [0.05, 0.1) is 12.8 Å². The van der Waals surface area contributed by atoms with Gasteiger partial charge in [0.2, 0.25) is 0 Å². The number of nitrogens with one attached hydrogen (secondary N) is 2. The number of rotatable bonds is 4. The van der Waals surface area contributed by atoms with E-state index >= 15 is 0 Å². The van der Waals surface area contributed by atoms with Crippen LogP contribution in [0.15, 0.2) is 48.7 Å². The summed E-state index contributed by atoms with van der Waals surface area (Å²) in [6.45, 7) is 3.99. The maximum absolute atomic E-state index is 11.9. The molecule has 2 aromatic rings. The van der Waals surface area contributed by atoms with Gasteiger partial charge >= 0.3 is 6.03 Å². The molecular weight excluding hydrogens is 276 g/mol. The highest BCUT2D eigenvalue weighted by atomic mass is 16.5. The summed E-state index contributed by atoms with van der Waals surface area (Å²) in [6, 6.07) is 13.3. The van der Waals surface area contributed by atoms with Crippen LogP contribution in [0.4, 0.5) is 10.5 Å². The minimum atomic E-state index is -0.312. The number of hydrogen-bond donors (Lipinski definition) is 2. The predicted molar refractivity (Wildman–Crippen MR) is 90.1 cm³/mol. The third-order valence-corrected chi connectivity index (χ3v) is 3.14. The molecular formula is C18H20N2O2. The first-order valence-electron chi connectivity index (χ1n) is 7.04. The Labute approximate surface area is 130 Å². The molecule has 0 radical (unpaired) electrons. The minimum Gasteiger partial charge on any atom is -0.495 e. The zero-order valence-corrected chi connectivity index (χ0v) is 13.0. The van der Waals surface area contributed by atoms with Gasteiger partial charge < -0.3 is 15.4 Å². The van der Waals surface area contributed by atoms with Crippen molar-refractivity contribution in [2.75, 3.05) is 12.4 Å². The summed E-state index contributed by atoms with van der Waals surface area (Å²) in [5, 5.41) is 5.46. The van der Waals surface area contributed by atoms with E-state index in [4.69, 9.17) is 4.74 Å². The van der Waals surface area contributed by atoms with Gasteiger partial charge in [-0.1, -0.05) is 35.9 Å². The normalized spacial score (nSPS) is 10.5. The maximum Gasteiger partial charge on any atom is 0.323 e. The van der Waals surface area contributed by atoms with Crippen molar-refractivity contribution in [3.8, 4) is 5.75 Å². The number of ether oxygens (including phenoxy) is 1. The van der Waals surface area contributed by atoms with E-state index in [9.17, 15) is 4.79 Å². The summed E-state index contributed by atoms with van der Waals surface area (Å²) < 4.78 is 5.23. The van der Waals surface area contributed by atoms with Crippen LogP contribution in [0.25, 0.3) is 6.08 Å². The standard InChI is InChI=1S/C18H20N2O2/c1-13-5-4-6-15(11-13)9-10-19-18(21)20-16-12-14(2)7-8-17(16)22-3/h4-12H,1-3H3,(H2,19,20,21)/b10-9+. The van der Waals surface area contributed by atoms with Crippen LogP contribution in [0.2, 0.25) is 0 Å². The second kappa shape index (κ2) is 7.31. The van der Waals surface area contributed by atoms with Gasteiger partial charge in [0.25, 0.3) is 0 Å². The van der Waals surface area contributed by atoms with E-state index < -0.39 is 0 Å². The molecule has 2 N–H and O–H groups in total. The van der Waals surface area contributed by atoms with E-state index in [-0.39, 0.29) is 6.03 Å². The Morgan fingerprint density at radius 3 is 2.59 bits per heavy atom. The fraction of sp³-hybridized carbons (Fsp3) is 0.167. The molecule has 114 valence electrons. The van der Waals surface area contributed by atoms with Crippen molar-refractivity contribution in [3.05, 3.63) is 65.4 Å². The number of aryl methyl sites for hydroxylation is 2. The Hall–Kier alpha value is -2.75. The van der Waals surface area contributed by atoms with E-state index in [1.807, 2.05) is 62.4 Å². The number of benzene rings is 2. The van der Waals surface area contributed by atoms with Gasteiger partial charge in [0, 0.05) is 6.20 Å². The van der Waals surface area contributed by atoms with E-state index in [0.717, 1.165) is 11.1 Å². The smallest absolute Gasteiger partial charge is 0.323 e. The average Bonchev–Trinajstić information content (AvgIpc) is 2.47. The summed E-state index contributed by atoms with van der Waals surface area (Å²) in [5.41, 5.74) is 3.90. The summed E-state index contributed by atoms with van der Waals surface area (Å²) in [4.78, 5) is 11.9. The molecule has 0 aromatic heterocycles. The topological polar surface area (TPSA) is 50.4 Å². The lowest BCUT2D eigenvalue weighted by Crippen LogP contribution is -2.24. The van der Waals surface area contributed by atoms with E-state index in [0.29, 0.717) is 11.4 Å². The lowest BCUT2D eigenvalue weighted by molar-refractivity contribution is 0.255. The molecule has 0 atom stereocenters. The fourth-order valence-electron chi connectivity index (χ4n) is 2.07. The molecule has 0 heterocycles. The first kappa shape index (κ1) is 15.6. The Morgan fingerprint density at radius 2 is 1.86 bits per heavy atom. The third-order valence-electron chi connectivity index (χ3n) is 3.14. The van der Waals surface area contributed by atoms with Gasteiger partial charge in [0.1, 0.15) is 5.75 Å². The highest BCUT2D eigenvalue weighted by Crippen LogP contribution is 2.24. The molecule has 4 nitrogen and oxygen atoms in total. The Bertz CT molecular complexity index is 693. The maximum atomic E-state index is 11.9. The molecule has 0 bridgehead atoms. The molecule has 0 spiro atoms. The molecule has 0 unspecified atom stereocenters. The van der Waals surface area contributed by atoms with Crippen molar-refractivity contribution < 1.29 is 9.53 Å². The number of amides is 2. The quantitative estimate of drug-likeness (QED) is 0.892. The number of hydrogen-bond acceptors (Lipinski definition) is 2. The molecule has 4 heteroatoms. The van der Waals surface area contributed by atoms with Crippen LogP contribution in [0, 0.1) is 13.8 Å². The lowest BCUT2D eigenvalue weighted by atomic mass is 10.1. The van der Waals surface area contributed by atoms with Crippen LogP contribution < -0.4 is 15.4 Å². The SMILES string of the molecule is COc1ccc(C)cc1NC(=O)N/C=C/c1cccc(C)c1. The van der Waals surface area contributed by atoms with Crippen LogP contribution in [-0.4, -0.2) is 13.1 Å². The summed E-state index contributed by atoms with van der Waals surface area (Å²) in [5.74, 6) is 0.628. The number of anilines is 1. The molecule has 2 rings (SSSR count). The third kappa shape index (κ3) is 4.38. The minimum absolute atomic E-state index is 0.312. The van der Waals surface area contributed by atoms with E-state index in [2.05, 4.69) is 10.6 Å². The molecule has 2 aromatic carbocycles. The van der Waals surface area contributed by atoms with Gasteiger partial charge in [-0.3, -0.25) is 0 Å². The van der Waals surface area contributed by atoms with Crippen LogP contribution in [0.5, 0.6) is 5.75 Å². The largest absolute Gasteiger partial charge is 0.495 e. The summed E-state index contributed by atoms with van der Waals surface area (Å²) >= 11 is 0. The van der Waals surface area contributed by atoms with Gasteiger partial charge in [-0.25, -0.2) is 4.79 Å². The van der Waals surface area contributed by atoms with Crippen LogP contribution >= 0.6 is 0 Å². The molecule has 0 saturated heterocycles. The molecule has 2 amide bonds. The highest BCUT2D eigenvalue weighted by molar-refractivity contribution is 5.92. The molecule has 0 fully saturated rings. The summed E-state index contributed by atoms with van der Waals surface area (Å²) in [7, 11) is 1.57. The first-order valence-corrected chi connectivity index (χ1v) is 7.04. The second-order valence-electron chi connectivity index (χ2n) is 5.05. The Balaban J connectivity index is 1.97. The number of methoxy groups -OCH3 is 1. The fourth-order valence-corrected chi connectivity index (χ4v) is 2.07. The van der Waals surface area contributed by atoms with Crippen molar-refractivity contribution >= 4 is 17.8 Å². The van der Waals surface area contributed by atoms with Crippen molar-refractivity contribution in [1.82, 2.24) is 5.32 Å². The number of carbonyl (C=O) groups excluding carboxylic acids is 1. The van der Waals surface area contributed by atoms with Gasteiger partial charge in [0.15, 0.2) is 0 Å². The Kier molecular flexibility index (Phi) is 5.20. The van der Waals surface area contributed by atoms with Crippen molar-refractivity contribution in [1.29, 1.82) is 0 Å². The molecule has 0 aliphatic rings. The zero-order chi connectivity index (χ0) is 15.9. The van der Waals surface area contributed by atoms with Crippen LogP contribution in [-0.2, 0) is 0 Å². The van der Waals surface area contributed by atoms with Gasteiger partial charge in [-0.05, 0) is 43.2 Å². The van der Waals surface area contributed by atoms with Crippen LogP contribution in [0.1, 0.15) is 16.7 Å². The second-order valence-corrected chi connectivity index (χ2v) is 5.05. The average molecular weight is 296 g/mol. The highest BCUT2D eigenvalue weighted by Gasteiger charge is 2.06. The monoisotopic (exact) mass is 296 g/mol. The number of carbonyl (C=O) groups is 1. The lowest BCUT2D eigenvalue weighted by Gasteiger charge is -2.10. The van der Waals surface area contributed by atoms with E-state index in [1.54, 1.807) is 13.3 Å². The van der Waals surface area contributed by atoms with Gasteiger partial charge in [-0.15, -0.1) is 0 Å². The Morgan fingerprint density at radius 1 is 1.09 bits per heavy atom. The molecule has 22 heavy (non-hydrogen) atoms. The van der Waals surface area contributed by atoms with E-state index in [1.165, 1.54) is 5.56 Å². The first-order chi connectivity index (χ1) is 10.6. The van der Waals surface area contributed by atoms with Crippen molar-refractivity contribution in [3.63, 3.8) is 0 Å². The molecule has 0 aliphatic heterocycles. The van der Waals surface area contributed by atoms with Crippen LogP contribution in [0.3, 0.4) is 0 Å². The number of urea groups is 1. The molecule has 0 saturated carbocycles. The van der Waals surface area contributed by atoms with Gasteiger partial charge in [-0.2, -0.15) is 0 Å².